The van der Waals surface area contributed by atoms with E-state index in [1.807, 2.05) is 25.1 Å². The fourth-order valence-corrected chi connectivity index (χ4v) is 1.99. The summed E-state index contributed by atoms with van der Waals surface area (Å²) >= 11 is 0. The number of nitrogens with zero attached hydrogens (tertiary/aromatic N) is 1. The highest BCUT2D eigenvalue weighted by Crippen LogP contribution is 2.08. The van der Waals surface area contributed by atoms with Crippen molar-refractivity contribution in [2.45, 2.75) is 19.8 Å². The zero-order valence-corrected chi connectivity index (χ0v) is 12.9. The molecule has 0 saturated carbocycles. The monoisotopic (exact) mass is 293 g/mol. The van der Waals surface area contributed by atoms with Crippen LogP contribution in [0.3, 0.4) is 0 Å². The quantitative estimate of drug-likeness (QED) is 0.683. The van der Waals surface area contributed by atoms with Gasteiger partial charge in [0.2, 0.25) is 5.91 Å². The van der Waals surface area contributed by atoms with E-state index in [0.717, 1.165) is 5.56 Å². The molecule has 1 aromatic rings. The topological polar surface area (TPSA) is 55.8 Å². The van der Waals surface area contributed by atoms with Crippen LogP contribution >= 0.6 is 0 Å². The smallest absolute Gasteiger partial charge is 0.325 e. The Morgan fingerprint density at radius 1 is 1.24 bits per heavy atom. The molecule has 0 aromatic heterocycles. The first-order valence-corrected chi connectivity index (χ1v) is 6.96. The van der Waals surface area contributed by atoms with Gasteiger partial charge < -0.3 is 14.4 Å². The van der Waals surface area contributed by atoms with Crippen LogP contribution in [0.2, 0.25) is 0 Å². The number of hydrogen-bond acceptors (Lipinski definition) is 4. The standard InChI is InChI=1S/C16H23NO4/c1-13-5-4-6-14(11-13)7-8-15(18)17(9-10-20-2)12-16(19)21-3/h4-6,11H,7-10,12H2,1-3H3. The molecule has 0 bridgehead atoms. The lowest BCUT2D eigenvalue weighted by molar-refractivity contribution is -0.147. The van der Waals surface area contributed by atoms with Crippen molar-refractivity contribution >= 4 is 11.9 Å². The Kier molecular flexibility index (Phi) is 7.46. The lowest BCUT2D eigenvalue weighted by Gasteiger charge is -2.21. The molecule has 5 nitrogen and oxygen atoms in total. The molecule has 0 aliphatic carbocycles. The molecule has 0 heterocycles. The van der Waals surface area contributed by atoms with E-state index in [0.29, 0.717) is 26.0 Å². The molecule has 0 atom stereocenters. The van der Waals surface area contributed by atoms with Gasteiger partial charge in [0.05, 0.1) is 13.7 Å². The number of rotatable bonds is 8. The van der Waals surface area contributed by atoms with Crippen LogP contribution in [0.15, 0.2) is 24.3 Å². The minimum atomic E-state index is -0.421. The van der Waals surface area contributed by atoms with Crippen LogP contribution in [0, 0.1) is 6.92 Å². The molecule has 0 spiro atoms. The van der Waals surface area contributed by atoms with Crippen molar-refractivity contribution in [2.24, 2.45) is 0 Å². The molecule has 5 heteroatoms. The zero-order chi connectivity index (χ0) is 15.7. The summed E-state index contributed by atoms with van der Waals surface area (Å²) in [5.74, 6) is -0.492. The summed E-state index contributed by atoms with van der Waals surface area (Å²) in [6, 6.07) is 8.06. The summed E-state index contributed by atoms with van der Waals surface area (Å²) < 4.78 is 9.59. The molecule has 0 fully saturated rings. The summed E-state index contributed by atoms with van der Waals surface area (Å²) in [5.41, 5.74) is 2.29. The Morgan fingerprint density at radius 3 is 2.62 bits per heavy atom. The van der Waals surface area contributed by atoms with Crippen molar-refractivity contribution in [2.75, 3.05) is 33.9 Å². The molecular formula is C16H23NO4. The fraction of sp³-hybridized carbons (Fsp3) is 0.500. The van der Waals surface area contributed by atoms with E-state index >= 15 is 0 Å². The van der Waals surface area contributed by atoms with Crippen LogP contribution in [0.1, 0.15) is 17.5 Å². The predicted molar refractivity (Wildman–Crippen MR) is 80.0 cm³/mol. The molecular weight excluding hydrogens is 270 g/mol. The molecule has 0 saturated heterocycles. The first-order chi connectivity index (χ1) is 10.1. The van der Waals surface area contributed by atoms with Gasteiger partial charge in [0.1, 0.15) is 6.54 Å². The van der Waals surface area contributed by atoms with Gasteiger partial charge in [-0.1, -0.05) is 29.8 Å². The maximum absolute atomic E-state index is 12.2. The normalized spacial score (nSPS) is 10.2. The number of ether oxygens (including phenoxy) is 2. The highest BCUT2D eigenvalue weighted by Gasteiger charge is 2.17. The summed E-state index contributed by atoms with van der Waals surface area (Å²) in [5, 5.41) is 0. The average molecular weight is 293 g/mol. The molecule has 0 radical (unpaired) electrons. The number of carbonyl (C=O) groups is 2. The zero-order valence-electron chi connectivity index (χ0n) is 12.9. The van der Waals surface area contributed by atoms with Gasteiger partial charge in [-0.15, -0.1) is 0 Å². The maximum Gasteiger partial charge on any atom is 0.325 e. The molecule has 1 amide bonds. The van der Waals surface area contributed by atoms with E-state index in [9.17, 15) is 9.59 Å². The Hall–Kier alpha value is -1.88. The van der Waals surface area contributed by atoms with Gasteiger partial charge in [-0.25, -0.2) is 0 Å². The minimum Gasteiger partial charge on any atom is -0.468 e. The summed E-state index contributed by atoms with van der Waals surface area (Å²) in [6.07, 6.45) is 1.02. The minimum absolute atomic E-state index is 0.0352. The van der Waals surface area contributed by atoms with Crippen LogP contribution in [0.5, 0.6) is 0 Å². The van der Waals surface area contributed by atoms with Crippen LogP contribution in [-0.4, -0.2) is 50.7 Å². The van der Waals surface area contributed by atoms with E-state index in [1.165, 1.54) is 17.6 Å². The van der Waals surface area contributed by atoms with Crippen LogP contribution in [-0.2, 0) is 25.5 Å². The molecule has 21 heavy (non-hydrogen) atoms. The summed E-state index contributed by atoms with van der Waals surface area (Å²) in [6.45, 7) is 2.77. The van der Waals surface area contributed by atoms with Crippen LogP contribution in [0.25, 0.3) is 0 Å². The van der Waals surface area contributed by atoms with E-state index < -0.39 is 5.97 Å². The third kappa shape index (κ3) is 6.40. The molecule has 0 aliphatic heterocycles. The lowest BCUT2D eigenvalue weighted by atomic mass is 10.1. The number of carbonyl (C=O) groups excluding carboxylic acids is 2. The number of amides is 1. The Balaban J connectivity index is 2.56. The van der Waals surface area contributed by atoms with E-state index in [2.05, 4.69) is 10.8 Å². The van der Waals surface area contributed by atoms with Crippen molar-refractivity contribution < 1.29 is 19.1 Å². The molecule has 0 aliphatic rings. The summed E-state index contributed by atoms with van der Waals surface area (Å²) in [4.78, 5) is 25.1. The Bertz CT molecular complexity index is 473. The van der Waals surface area contributed by atoms with Crippen LogP contribution < -0.4 is 0 Å². The van der Waals surface area contributed by atoms with Crippen molar-refractivity contribution in [1.29, 1.82) is 0 Å². The molecule has 116 valence electrons. The van der Waals surface area contributed by atoms with Crippen molar-refractivity contribution in [1.82, 2.24) is 4.90 Å². The van der Waals surface area contributed by atoms with E-state index in [1.54, 1.807) is 7.11 Å². The second-order valence-electron chi connectivity index (χ2n) is 4.87. The Labute approximate surface area is 125 Å². The number of aryl methyl sites for hydroxylation is 2. The molecule has 1 aromatic carbocycles. The second-order valence-corrected chi connectivity index (χ2v) is 4.87. The largest absolute Gasteiger partial charge is 0.468 e. The second kappa shape index (κ2) is 9.13. The number of esters is 1. The van der Waals surface area contributed by atoms with Crippen molar-refractivity contribution in [3.63, 3.8) is 0 Å². The Morgan fingerprint density at radius 2 is 2.00 bits per heavy atom. The maximum atomic E-state index is 12.2. The van der Waals surface area contributed by atoms with E-state index in [4.69, 9.17) is 4.74 Å². The van der Waals surface area contributed by atoms with Gasteiger partial charge in [-0.2, -0.15) is 0 Å². The first-order valence-electron chi connectivity index (χ1n) is 6.96. The van der Waals surface area contributed by atoms with E-state index in [-0.39, 0.29) is 12.5 Å². The third-order valence-corrected chi connectivity index (χ3v) is 3.18. The molecule has 1 rings (SSSR count). The SMILES string of the molecule is COCCN(CC(=O)OC)C(=O)CCc1cccc(C)c1. The predicted octanol–water partition coefficient (Wildman–Crippen LogP) is 1.58. The van der Waals surface area contributed by atoms with Crippen molar-refractivity contribution in [3.8, 4) is 0 Å². The third-order valence-electron chi connectivity index (χ3n) is 3.18. The van der Waals surface area contributed by atoms with Crippen molar-refractivity contribution in [3.05, 3.63) is 35.4 Å². The summed E-state index contributed by atoms with van der Waals surface area (Å²) in [7, 11) is 2.88. The number of hydrogen-bond donors (Lipinski definition) is 0. The highest BCUT2D eigenvalue weighted by molar-refractivity contribution is 5.82. The van der Waals surface area contributed by atoms with Gasteiger partial charge in [0.15, 0.2) is 0 Å². The average Bonchev–Trinajstić information content (AvgIpc) is 2.48. The molecule has 0 unspecified atom stereocenters. The van der Waals surface area contributed by atoms with Crippen LogP contribution in [0.4, 0.5) is 0 Å². The van der Waals surface area contributed by atoms with Gasteiger partial charge in [-0.05, 0) is 18.9 Å². The number of methoxy groups -OCH3 is 2. The fourth-order valence-electron chi connectivity index (χ4n) is 1.99. The highest BCUT2D eigenvalue weighted by atomic mass is 16.5. The number of benzene rings is 1. The van der Waals surface area contributed by atoms with Gasteiger partial charge in [-0.3, -0.25) is 9.59 Å². The first kappa shape index (κ1) is 17.2. The molecule has 0 N–H and O–H groups in total. The van der Waals surface area contributed by atoms with Gasteiger partial charge in [0, 0.05) is 20.1 Å². The van der Waals surface area contributed by atoms with Gasteiger partial charge in [0.25, 0.3) is 0 Å². The lowest BCUT2D eigenvalue weighted by Crippen LogP contribution is -2.38. The van der Waals surface area contributed by atoms with Gasteiger partial charge >= 0.3 is 5.97 Å².